The molecule has 6 nitrogen and oxygen atoms in total. The van der Waals surface area contributed by atoms with Crippen LogP contribution in [-0.2, 0) is 28.6 Å². The fourth-order valence-electron chi connectivity index (χ4n) is 7.43. The van der Waals surface area contributed by atoms with Gasteiger partial charge >= 0.3 is 17.9 Å². The predicted octanol–water partition coefficient (Wildman–Crippen LogP) is 15.8. The van der Waals surface area contributed by atoms with Gasteiger partial charge in [0.1, 0.15) is 13.2 Å². The molecule has 6 heteroatoms. The Morgan fingerprint density at radius 3 is 1.02 bits per heavy atom. The Kier molecular flexibility index (Phi) is 41.8. The van der Waals surface area contributed by atoms with Gasteiger partial charge in [0.25, 0.3) is 0 Å². The zero-order valence-electron chi connectivity index (χ0n) is 38.3. The molecule has 0 amide bonds. The molecule has 0 aliphatic rings. The molecule has 0 spiro atoms. The van der Waals surface area contributed by atoms with E-state index in [0.717, 1.165) is 69.6 Å². The highest BCUT2D eigenvalue weighted by molar-refractivity contribution is 5.71. The Labute approximate surface area is 348 Å². The fourth-order valence-corrected chi connectivity index (χ4v) is 7.43. The highest BCUT2D eigenvalue weighted by Gasteiger charge is 2.19. The third kappa shape index (κ3) is 42.0. The molecule has 0 aliphatic carbocycles. The molecule has 332 valence electrons. The van der Waals surface area contributed by atoms with Crippen LogP contribution in [0.4, 0.5) is 0 Å². The molecule has 0 heterocycles. The van der Waals surface area contributed by atoms with E-state index in [1.165, 1.54) is 161 Å². The first-order valence-corrected chi connectivity index (χ1v) is 24.8. The Morgan fingerprint density at radius 1 is 0.375 bits per heavy atom. The zero-order chi connectivity index (χ0) is 41.2. The summed E-state index contributed by atoms with van der Waals surface area (Å²) in [5.74, 6) is 0.838. The van der Waals surface area contributed by atoms with E-state index in [-0.39, 0.29) is 31.1 Å². The Balaban J connectivity index is 4.18. The average Bonchev–Trinajstić information content (AvgIpc) is 3.18. The maximum atomic E-state index is 12.7. The topological polar surface area (TPSA) is 78.9 Å². The SMILES string of the molecule is CCCCCCCCCC(=O)OC[C@H](COC(=O)CCCCCCCCCCCCCCCCCCC(C)C)OC(=O)CCCCCCCCCCC(C)CC. The van der Waals surface area contributed by atoms with E-state index in [0.29, 0.717) is 19.3 Å². The first kappa shape index (κ1) is 54.4. The lowest BCUT2D eigenvalue weighted by Gasteiger charge is -2.18. The van der Waals surface area contributed by atoms with Crippen molar-refractivity contribution in [1.82, 2.24) is 0 Å². The van der Waals surface area contributed by atoms with Crippen LogP contribution < -0.4 is 0 Å². The normalized spacial score (nSPS) is 12.5. The van der Waals surface area contributed by atoms with Crippen LogP contribution in [0.15, 0.2) is 0 Å². The lowest BCUT2D eigenvalue weighted by atomic mass is 9.99. The van der Waals surface area contributed by atoms with Gasteiger partial charge in [-0.2, -0.15) is 0 Å². The van der Waals surface area contributed by atoms with Gasteiger partial charge in [0, 0.05) is 19.3 Å². The largest absolute Gasteiger partial charge is 0.462 e. The molecule has 0 N–H and O–H groups in total. The summed E-state index contributed by atoms with van der Waals surface area (Å²) in [6.45, 7) is 11.3. The van der Waals surface area contributed by atoms with Gasteiger partial charge in [0.15, 0.2) is 6.10 Å². The van der Waals surface area contributed by atoms with Crippen LogP contribution in [-0.4, -0.2) is 37.2 Å². The molecule has 0 rings (SSSR count). The summed E-state index contributed by atoms with van der Waals surface area (Å²) < 4.78 is 16.7. The fraction of sp³-hybridized carbons (Fsp3) is 0.940. The molecule has 0 radical (unpaired) electrons. The summed E-state index contributed by atoms with van der Waals surface area (Å²) in [6, 6.07) is 0. The molecular weight excluding hydrogens is 697 g/mol. The molecule has 0 aromatic heterocycles. The number of hydrogen-bond donors (Lipinski definition) is 0. The van der Waals surface area contributed by atoms with E-state index < -0.39 is 6.10 Å². The van der Waals surface area contributed by atoms with Crippen LogP contribution in [0.25, 0.3) is 0 Å². The van der Waals surface area contributed by atoms with Crippen LogP contribution in [0, 0.1) is 11.8 Å². The van der Waals surface area contributed by atoms with Gasteiger partial charge in [-0.1, -0.05) is 234 Å². The molecule has 2 atom stereocenters. The number of ether oxygens (including phenoxy) is 3. The minimum atomic E-state index is -0.760. The number of hydrogen-bond acceptors (Lipinski definition) is 6. The van der Waals surface area contributed by atoms with Crippen LogP contribution in [0.3, 0.4) is 0 Å². The highest BCUT2D eigenvalue weighted by atomic mass is 16.6. The van der Waals surface area contributed by atoms with Gasteiger partial charge in [-0.3, -0.25) is 14.4 Å². The van der Waals surface area contributed by atoms with Gasteiger partial charge in [-0.05, 0) is 31.1 Å². The van der Waals surface area contributed by atoms with Gasteiger partial charge in [-0.25, -0.2) is 0 Å². The molecule has 0 aliphatic heterocycles. The summed E-state index contributed by atoms with van der Waals surface area (Å²) in [7, 11) is 0. The van der Waals surface area contributed by atoms with Crippen LogP contribution in [0.2, 0.25) is 0 Å². The lowest BCUT2D eigenvalue weighted by molar-refractivity contribution is -0.167. The van der Waals surface area contributed by atoms with Crippen molar-refractivity contribution >= 4 is 17.9 Å². The van der Waals surface area contributed by atoms with Crippen molar-refractivity contribution in [2.24, 2.45) is 11.8 Å². The van der Waals surface area contributed by atoms with E-state index in [2.05, 4.69) is 34.6 Å². The number of unbranched alkanes of at least 4 members (excludes halogenated alkanes) is 28. The summed E-state index contributed by atoms with van der Waals surface area (Å²) in [4.78, 5) is 37.7. The number of rotatable bonds is 44. The maximum Gasteiger partial charge on any atom is 0.306 e. The van der Waals surface area contributed by atoms with Crippen molar-refractivity contribution < 1.29 is 28.6 Å². The third-order valence-corrected chi connectivity index (χ3v) is 11.6. The number of esters is 3. The zero-order valence-corrected chi connectivity index (χ0v) is 38.3. The summed E-state index contributed by atoms with van der Waals surface area (Å²) >= 11 is 0. The Morgan fingerprint density at radius 2 is 0.679 bits per heavy atom. The standard InChI is InChI=1S/C50H96O6/c1-6-8-9-10-23-30-35-40-48(51)54-43-47(56-50(53)42-37-32-27-22-21-25-29-34-39-46(5)7-2)44-55-49(52)41-36-31-26-20-18-16-14-12-11-13-15-17-19-24-28-33-38-45(3)4/h45-47H,6-44H2,1-5H3/t46?,47-/m1/s1. The van der Waals surface area contributed by atoms with Crippen molar-refractivity contribution in [1.29, 1.82) is 0 Å². The number of carbonyl (C=O) groups is 3. The second kappa shape index (κ2) is 43.0. The molecule has 0 aromatic carbocycles. The first-order chi connectivity index (χ1) is 27.3. The number of carbonyl (C=O) groups excluding carboxylic acids is 3. The molecule has 0 saturated carbocycles. The minimum absolute atomic E-state index is 0.0647. The molecular formula is C50H96O6. The molecule has 0 bridgehead atoms. The second-order valence-corrected chi connectivity index (χ2v) is 17.8. The predicted molar refractivity (Wildman–Crippen MR) is 238 cm³/mol. The summed E-state index contributed by atoms with van der Waals surface area (Å²) in [5, 5.41) is 0. The lowest BCUT2D eigenvalue weighted by Crippen LogP contribution is -2.30. The summed E-state index contributed by atoms with van der Waals surface area (Å²) in [5.41, 5.74) is 0. The van der Waals surface area contributed by atoms with Crippen molar-refractivity contribution in [2.75, 3.05) is 13.2 Å². The van der Waals surface area contributed by atoms with Gasteiger partial charge in [0.05, 0.1) is 0 Å². The smallest absolute Gasteiger partial charge is 0.306 e. The second-order valence-electron chi connectivity index (χ2n) is 17.8. The van der Waals surface area contributed by atoms with E-state index in [9.17, 15) is 14.4 Å². The van der Waals surface area contributed by atoms with Crippen LogP contribution >= 0.6 is 0 Å². The minimum Gasteiger partial charge on any atom is -0.462 e. The molecule has 56 heavy (non-hydrogen) atoms. The molecule has 0 saturated heterocycles. The van der Waals surface area contributed by atoms with E-state index in [1.54, 1.807) is 0 Å². The van der Waals surface area contributed by atoms with Crippen molar-refractivity contribution in [3.8, 4) is 0 Å². The van der Waals surface area contributed by atoms with E-state index >= 15 is 0 Å². The Bertz CT molecular complexity index is 856. The quantitative estimate of drug-likeness (QED) is 0.0347. The van der Waals surface area contributed by atoms with E-state index in [4.69, 9.17) is 14.2 Å². The van der Waals surface area contributed by atoms with Crippen molar-refractivity contribution in [3.63, 3.8) is 0 Å². The molecule has 0 fully saturated rings. The third-order valence-electron chi connectivity index (χ3n) is 11.6. The molecule has 0 aromatic rings. The summed E-state index contributed by atoms with van der Waals surface area (Å²) in [6.07, 6.45) is 42.4. The van der Waals surface area contributed by atoms with Gasteiger partial charge in [0.2, 0.25) is 0 Å². The average molecular weight is 793 g/mol. The van der Waals surface area contributed by atoms with Gasteiger partial charge < -0.3 is 14.2 Å². The Hall–Kier alpha value is -1.59. The van der Waals surface area contributed by atoms with Crippen molar-refractivity contribution in [3.05, 3.63) is 0 Å². The monoisotopic (exact) mass is 793 g/mol. The maximum absolute atomic E-state index is 12.7. The van der Waals surface area contributed by atoms with Crippen LogP contribution in [0.5, 0.6) is 0 Å². The van der Waals surface area contributed by atoms with E-state index in [1.807, 2.05) is 0 Å². The van der Waals surface area contributed by atoms with Crippen molar-refractivity contribution in [2.45, 2.75) is 278 Å². The highest BCUT2D eigenvalue weighted by Crippen LogP contribution is 2.17. The van der Waals surface area contributed by atoms with Crippen LogP contribution in [0.1, 0.15) is 272 Å². The molecule has 1 unspecified atom stereocenters. The van der Waals surface area contributed by atoms with Gasteiger partial charge in [-0.15, -0.1) is 0 Å². The first-order valence-electron chi connectivity index (χ1n) is 24.8.